The molecule has 0 saturated carbocycles. The third-order valence-electron chi connectivity index (χ3n) is 3.76. The van der Waals surface area contributed by atoms with Crippen molar-refractivity contribution in [2.45, 2.75) is 39.7 Å². The van der Waals surface area contributed by atoms with Crippen molar-refractivity contribution < 1.29 is 9.53 Å². The monoisotopic (exact) mass is 341 g/mol. The first-order valence-electron chi connectivity index (χ1n) is 8.75. The number of aromatic nitrogens is 1. The van der Waals surface area contributed by atoms with Crippen LogP contribution in [0.3, 0.4) is 0 Å². The molecule has 1 aromatic heterocycles. The van der Waals surface area contributed by atoms with E-state index < -0.39 is 0 Å². The number of pyridine rings is 1. The van der Waals surface area contributed by atoms with Gasteiger partial charge in [0, 0.05) is 25.5 Å². The molecule has 1 aromatic carbocycles. The van der Waals surface area contributed by atoms with Crippen LogP contribution in [0, 0.1) is 0 Å². The minimum atomic E-state index is -0.245. The Bertz CT molecular complexity index is 701. The summed E-state index contributed by atoms with van der Waals surface area (Å²) >= 11 is 0. The number of nitrogens with zero attached hydrogens (tertiary/aromatic N) is 2. The van der Waals surface area contributed by atoms with Crippen LogP contribution in [0.5, 0.6) is 5.75 Å². The standard InChI is InChI=1S/C20H27N3O2/c1-5-6-13-23(4)16-11-12-21-18(14-16)20(24)22-17-9-7-8-10-19(17)25-15(2)3/h7-12,14-15H,5-6,13H2,1-4H3,(H,22,24). The second kappa shape index (κ2) is 9.06. The van der Waals surface area contributed by atoms with Crippen molar-refractivity contribution in [1.82, 2.24) is 4.98 Å². The molecule has 1 N–H and O–H groups in total. The zero-order valence-corrected chi connectivity index (χ0v) is 15.5. The van der Waals surface area contributed by atoms with Crippen LogP contribution in [0.1, 0.15) is 44.1 Å². The normalized spacial score (nSPS) is 10.6. The van der Waals surface area contributed by atoms with Gasteiger partial charge in [0.05, 0.1) is 11.8 Å². The molecule has 0 unspecified atom stereocenters. The largest absolute Gasteiger partial charge is 0.489 e. The number of amides is 1. The summed E-state index contributed by atoms with van der Waals surface area (Å²) in [5, 5.41) is 2.90. The summed E-state index contributed by atoms with van der Waals surface area (Å²) in [5.74, 6) is 0.410. The number of rotatable bonds is 8. The Hall–Kier alpha value is -2.56. The van der Waals surface area contributed by atoms with Crippen molar-refractivity contribution in [2.75, 3.05) is 23.8 Å². The van der Waals surface area contributed by atoms with Gasteiger partial charge in [0.25, 0.3) is 5.91 Å². The minimum Gasteiger partial charge on any atom is -0.489 e. The van der Waals surface area contributed by atoms with Crippen molar-refractivity contribution in [3.05, 3.63) is 48.3 Å². The highest BCUT2D eigenvalue weighted by atomic mass is 16.5. The lowest BCUT2D eigenvalue weighted by Crippen LogP contribution is -2.20. The van der Waals surface area contributed by atoms with Gasteiger partial charge in [-0.05, 0) is 44.5 Å². The van der Waals surface area contributed by atoms with Gasteiger partial charge in [-0.15, -0.1) is 0 Å². The molecule has 2 rings (SSSR count). The molecule has 0 bridgehead atoms. The molecule has 0 aliphatic carbocycles. The van der Waals surface area contributed by atoms with Gasteiger partial charge in [-0.3, -0.25) is 9.78 Å². The minimum absolute atomic E-state index is 0.0340. The molecule has 0 aliphatic rings. The number of hydrogen-bond donors (Lipinski definition) is 1. The molecule has 5 heteroatoms. The summed E-state index contributed by atoms with van der Waals surface area (Å²) in [6.07, 6.45) is 3.95. The first-order chi connectivity index (χ1) is 12.0. The first-order valence-corrected chi connectivity index (χ1v) is 8.75. The van der Waals surface area contributed by atoms with Crippen LogP contribution < -0.4 is 15.0 Å². The first kappa shape index (κ1) is 18.8. The van der Waals surface area contributed by atoms with Crippen LogP contribution >= 0.6 is 0 Å². The van der Waals surface area contributed by atoms with E-state index in [1.165, 1.54) is 0 Å². The highest BCUT2D eigenvalue weighted by Gasteiger charge is 2.13. The lowest BCUT2D eigenvalue weighted by atomic mass is 10.2. The fourth-order valence-corrected chi connectivity index (χ4v) is 2.42. The van der Waals surface area contributed by atoms with Gasteiger partial charge < -0.3 is 15.0 Å². The van der Waals surface area contributed by atoms with Gasteiger partial charge in [0.1, 0.15) is 11.4 Å². The quantitative estimate of drug-likeness (QED) is 0.775. The van der Waals surface area contributed by atoms with Gasteiger partial charge in [-0.1, -0.05) is 25.5 Å². The van der Waals surface area contributed by atoms with E-state index in [1.807, 2.05) is 57.3 Å². The number of hydrogen-bond acceptors (Lipinski definition) is 4. The maximum Gasteiger partial charge on any atom is 0.274 e. The summed E-state index contributed by atoms with van der Waals surface area (Å²) in [6.45, 7) is 7.02. The average molecular weight is 341 g/mol. The summed E-state index contributed by atoms with van der Waals surface area (Å²) in [5.41, 5.74) is 2.02. The molecule has 0 atom stereocenters. The zero-order valence-electron chi connectivity index (χ0n) is 15.5. The van der Waals surface area contributed by atoms with Crippen LogP contribution in [-0.4, -0.2) is 30.6 Å². The predicted molar refractivity (Wildman–Crippen MR) is 103 cm³/mol. The molecule has 0 saturated heterocycles. The predicted octanol–water partition coefficient (Wildman–Crippen LogP) is 4.36. The highest BCUT2D eigenvalue weighted by Crippen LogP contribution is 2.25. The Morgan fingerprint density at radius 2 is 2.04 bits per heavy atom. The molecule has 0 fully saturated rings. The molecule has 0 spiro atoms. The molecular weight excluding hydrogens is 314 g/mol. The molecule has 0 aliphatic heterocycles. The molecular formula is C20H27N3O2. The highest BCUT2D eigenvalue weighted by molar-refractivity contribution is 6.04. The van der Waals surface area contributed by atoms with Crippen molar-refractivity contribution in [3.63, 3.8) is 0 Å². The second-order valence-electron chi connectivity index (χ2n) is 6.29. The maximum absolute atomic E-state index is 12.6. The van der Waals surface area contributed by atoms with Crippen LogP contribution in [0.25, 0.3) is 0 Å². The third-order valence-corrected chi connectivity index (χ3v) is 3.76. The van der Waals surface area contributed by atoms with E-state index >= 15 is 0 Å². The van der Waals surface area contributed by atoms with E-state index in [2.05, 4.69) is 22.1 Å². The van der Waals surface area contributed by atoms with Crippen molar-refractivity contribution in [3.8, 4) is 5.75 Å². The molecule has 0 radical (unpaired) electrons. The van der Waals surface area contributed by atoms with E-state index in [-0.39, 0.29) is 12.0 Å². The van der Waals surface area contributed by atoms with Crippen LogP contribution in [-0.2, 0) is 0 Å². The number of benzene rings is 1. The third kappa shape index (κ3) is 5.48. The molecule has 1 heterocycles. The van der Waals surface area contributed by atoms with Gasteiger partial charge >= 0.3 is 0 Å². The lowest BCUT2D eigenvalue weighted by Gasteiger charge is -2.19. The molecule has 2 aromatic rings. The van der Waals surface area contributed by atoms with E-state index in [0.29, 0.717) is 17.1 Å². The van der Waals surface area contributed by atoms with Crippen LogP contribution in [0.15, 0.2) is 42.6 Å². The SMILES string of the molecule is CCCCN(C)c1ccnc(C(=O)Nc2ccccc2OC(C)C)c1. The Balaban J connectivity index is 2.14. The van der Waals surface area contributed by atoms with Gasteiger partial charge in [-0.25, -0.2) is 0 Å². The molecule has 25 heavy (non-hydrogen) atoms. The number of ether oxygens (including phenoxy) is 1. The Morgan fingerprint density at radius 3 is 2.76 bits per heavy atom. The smallest absolute Gasteiger partial charge is 0.274 e. The van der Waals surface area contributed by atoms with Gasteiger partial charge in [0.15, 0.2) is 0 Å². The Morgan fingerprint density at radius 1 is 1.28 bits per heavy atom. The second-order valence-corrected chi connectivity index (χ2v) is 6.29. The Kier molecular flexibility index (Phi) is 6.81. The topological polar surface area (TPSA) is 54.5 Å². The van der Waals surface area contributed by atoms with Crippen molar-refractivity contribution in [2.24, 2.45) is 0 Å². The average Bonchev–Trinajstić information content (AvgIpc) is 2.61. The van der Waals surface area contributed by atoms with E-state index in [4.69, 9.17) is 4.74 Å². The van der Waals surface area contributed by atoms with Gasteiger partial charge in [-0.2, -0.15) is 0 Å². The van der Waals surface area contributed by atoms with Crippen LogP contribution in [0.2, 0.25) is 0 Å². The summed E-state index contributed by atoms with van der Waals surface area (Å²) in [6, 6.07) is 11.2. The maximum atomic E-state index is 12.6. The Labute approximate surface area is 150 Å². The van der Waals surface area contributed by atoms with E-state index in [1.54, 1.807) is 6.20 Å². The van der Waals surface area contributed by atoms with Crippen molar-refractivity contribution in [1.29, 1.82) is 0 Å². The number of unbranched alkanes of at least 4 members (excludes halogenated alkanes) is 1. The fraction of sp³-hybridized carbons (Fsp3) is 0.400. The van der Waals surface area contributed by atoms with E-state index in [9.17, 15) is 4.79 Å². The lowest BCUT2D eigenvalue weighted by molar-refractivity contribution is 0.102. The number of carbonyl (C=O) groups is 1. The summed E-state index contributed by atoms with van der Waals surface area (Å²) in [7, 11) is 2.03. The number of anilines is 2. The molecule has 5 nitrogen and oxygen atoms in total. The zero-order chi connectivity index (χ0) is 18.2. The molecule has 1 amide bonds. The van der Waals surface area contributed by atoms with Gasteiger partial charge in [0.2, 0.25) is 0 Å². The number of nitrogens with one attached hydrogen (secondary N) is 1. The number of para-hydroxylation sites is 2. The fourth-order valence-electron chi connectivity index (χ4n) is 2.42. The van der Waals surface area contributed by atoms with Crippen LogP contribution in [0.4, 0.5) is 11.4 Å². The van der Waals surface area contributed by atoms with E-state index in [0.717, 1.165) is 25.1 Å². The summed E-state index contributed by atoms with van der Waals surface area (Å²) < 4.78 is 5.74. The molecule has 134 valence electrons. The number of carbonyl (C=O) groups excluding carboxylic acids is 1. The summed E-state index contributed by atoms with van der Waals surface area (Å²) in [4.78, 5) is 18.9. The van der Waals surface area contributed by atoms with Crippen molar-refractivity contribution >= 4 is 17.3 Å².